The van der Waals surface area contributed by atoms with Crippen LogP contribution < -0.4 is 15.4 Å². The van der Waals surface area contributed by atoms with E-state index in [9.17, 15) is 9.59 Å². The average molecular weight is 375 g/mol. The first kappa shape index (κ1) is 19.9. The van der Waals surface area contributed by atoms with E-state index in [2.05, 4.69) is 16.7 Å². The van der Waals surface area contributed by atoms with E-state index in [1.807, 2.05) is 18.4 Å². The van der Waals surface area contributed by atoms with Crippen LogP contribution in [0.15, 0.2) is 41.8 Å². The molecule has 0 spiro atoms. The number of methoxy groups -OCH3 is 1. The molecule has 0 saturated carbocycles. The lowest BCUT2D eigenvalue weighted by atomic mass is 10.3. The average Bonchev–Trinajstić information content (AvgIpc) is 3.15. The molecule has 0 unspecified atom stereocenters. The van der Waals surface area contributed by atoms with Crippen LogP contribution in [0.3, 0.4) is 0 Å². The molecule has 140 valence electrons. The van der Waals surface area contributed by atoms with Crippen molar-refractivity contribution in [2.45, 2.75) is 13.3 Å². The van der Waals surface area contributed by atoms with Crippen molar-refractivity contribution in [2.24, 2.45) is 0 Å². The van der Waals surface area contributed by atoms with E-state index < -0.39 is 0 Å². The van der Waals surface area contributed by atoms with Gasteiger partial charge in [-0.1, -0.05) is 13.0 Å². The first-order valence-electron chi connectivity index (χ1n) is 8.56. The van der Waals surface area contributed by atoms with Crippen molar-refractivity contribution in [1.82, 2.24) is 10.2 Å². The van der Waals surface area contributed by atoms with Crippen molar-refractivity contribution in [3.8, 4) is 5.75 Å². The van der Waals surface area contributed by atoms with Crippen molar-refractivity contribution in [2.75, 3.05) is 38.6 Å². The SMILES string of the molecule is CCN(CC(=O)NCCc1cccs1)CC(=O)Nc1ccc(OC)cc1. The summed E-state index contributed by atoms with van der Waals surface area (Å²) >= 11 is 1.68. The van der Waals surface area contributed by atoms with E-state index in [1.165, 1.54) is 4.88 Å². The van der Waals surface area contributed by atoms with Gasteiger partial charge in [0.25, 0.3) is 0 Å². The molecule has 26 heavy (non-hydrogen) atoms. The van der Waals surface area contributed by atoms with Gasteiger partial charge in [0.1, 0.15) is 5.75 Å². The number of rotatable bonds is 10. The third-order valence-corrected chi connectivity index (χ3v) is 4.77. The van der Waals surface area contributed by atoms with E-state index in [4.69, 9.17) is 4.74 Å². The largest absolute Gasteiger partial charge is 0.497 e. The molecule has 0 aliphatic rings. The molecule has 1 aromatic heterocycles. The number of likely N-dealkylation sites (N-methyl/N-ethyl adjacent to an activating group) is 1. The maximum absolute atomic E-state index is 12.2. The molecule has 7 heteroatoms. The second-order valence-electron chi connectivity index (χ2n) is 5.76. The first-order chi connectivity index (χ1) is 12.6. The zero-order chi connectivity index (χ0) is 18.8. The molecule has 0 saturated heterocycles. The van der Waals surface area contributed by atoms with Crippen LogP contribution >= 0.6 is 11.3 Å². The van der Waals surface area contributed by atoms with Gasteiger partial charge in [-0.15, -0.1) is 11.3 Å². The zero-order valence-electron chi connectivity index (χ0n) is 15.2. The van der Waals surface area contributed by atoms with Crippen LogP contribution in [-0.4, -0.2) is 50.0 Å². The summed E-state index contributed by atoms with van der Waals surface area (Å²) in [6, 6.07) is 11.2. The van der Waals surface area contributed by atoms with Gasteiger partial charge in [-0.2, -0.15) is 0 Å². The Kier molecular flexibility index (Phi) is 8.11. The van der Waals surface area contributed by atoms with Crippen LogP contribution in [0.1, 0.15) is 11.8 Å². The Morgan fingerprint density at radius 3 is 2.46 bits per heavy atom. The number of hydrogen-bond acceptors (Lipinski definition) is 5. The van der Waals surface area contributed by atoms with E-state index >= 15 is 0 Å². The highest BCUT2D eigenvalue weighted by Gasteiger charge is 2.13. The van der Waals surface area contributed by atoms with Crippen molar-refractivity contribution >= 4 is 28.8 Å². The van der Waals surface area contributed by atoms with Gasteiger partial charge in [0, 0.05) is 17.1 Å². The second-order valence-corrected chi connectivity index (χ2v) is 6.79. The number of ether oxygens (including phenoxy) is 1. The summed E-state index contributed by atoms with van der Waals surface area (Å²) < 4.78 is 5.09. The Hall–Kier alpha value is -2.38. The molecule has 0 aliphatic heterocycles. The number of anilines is 1. The number of benzene rings is 1. The van der Waals surface area contributed by atoms with Gasteiger partial charge in [-0.3, -0.25) is 14.5 Å². The summed E-state index contributed by atoms with van der Waals surface area (Å²) in [6.45, 7) is 3.53. The molecular formula is C19H25N3O3S. The molecule has 0 fully saturated rings. The smallest absolute Gasteiger partial charge is 0.238 e. The maximum atomic E-state index is 12.2. The van der Waals surface area contributed by atoms with Crippen molar-refractivity contribution in [3.63, 3.8) is 0 Å². The molecule has 0 bridgehead atoms. The summed E-state index contributed by atoms with van der Waals surface area (Å²) in [5.41, 5.74) is 0.701. The Bertz CT molecular complexity index is 687. The lowest BCUT2D eigenvalue weighted by molar-refractivity contribution is -0.123. The van der Waals surface area contributed by atoms with Crippen molar-refractivity contribution in [3.05, 3.63) is 46.7 Å². The van der Waals surface area contributed by atoms with Gasteiger partial charge in [0.15, 0.2) is 0 Å². The van der Waals surface area contributed by atoms with Gasteiger partial charge in [0.2, 0.25) is 11.8 Å². The molecule has 2 N–H and O–H groups in total. The predicted octanol–water partition coefficient (Wildman–Crippen LogP) is 2.38. The number of carbonyl (C=O) groups is 2. The lowest BCUT2D eigenvalue weighted by Gasteiger charge is -2.19. The quantitative estimate of drug-likeness (QED) is 0.669. The number of amides is 2. The molecule has 0 radical (unpaired) electrons. The minimum Gasteiger partial charge on any atom is -0.497 e. The highest BCUT2D eigenvalue weighted by Crippen LogP contribution is 2.14. The molecule has 0 atom stereocenters. The monoisotopic (exact) mass is 375 g/mol. The fourth-order valence-electron chi connectivity index (χ4n) is 2.40. The summed E-state index contributed by atoms with van der Waals surface area (Å²) in [6.07, 6.45) is 0.827. The fraction of sp³-hybridized carbons (Fsp3) is 0.368. The van der Waals surface area contributed by atoms with Crippen molar-refractivity contribution in [1.29, 1.82) is 0 Å². The summed E-state index contributed by atoms with van der Waals surface area (Å²) in [7, 11) is 1.60. The predicted molar refractivity (Wildman–Crippen MR) is 105 cm³/mol. The number of nitrogens with one attached hydrogen (secondary N) is 2. The van der Waals surface area contributed by atoms with Crippen LogP contribution in [0.25, 0.3) is 0 Å². The van der Waals surface area contributed by atoms with Gasteiger partial charge in [-0.25, -0.2) is 0 Å². The van der Waals surface area contributed by atoms with Gasteiger partial charge >= 0.3 is 0 Å². The Morgan fingerprint density at radius 1 is 1.12 bits per heavy atom. The Balaban J connectivity index is 1.72. The van der Waals surface area contributed by atoms with E-state index in [-0.39, 0.29) is 24.9 Å². The van der Waals surface area contributed by atoms with Crippen molar-refractivity contribution < 1.29 is 14.3 Å². The molecule has 2 amide bonds. The first-order valence-corrected chi connectivity index (χ1v) is 9.44. The van der Waals surface area contributed by atoms with Crippen LogP contribution in [-0.2, 0) is 16.0 Å². The Morgan fingerprint density at radius 2 is 1.85 bits per heavy atom. The van der Waals surface area contributed by atoms with E-state index in [0.717, 1.165) is 12.2 Å². The van der Waals surface area contributed by atoms with E-state index in [0.29, 0.717) is 18.8 Å². The van der Waals surface area contributed by atoms with Gasteiger partial charge < -0.3 is 15.4 Å². The zero-order valence-corrected chi connectivity index (χ0v) is 16.0. The van der Waals surface area contributed by atoms with Crippen LogP contribution in [0, 0.1) is 0 Å². The maximum Gasteiger partial charge on any atom is 0.238 e. The topological polar surface area (TPSA) is 70.7 Å². The summed E-state index contributed by atoms with van der Waals surface area (Å²) in [5, 5.41) is 7.75. The number of hydrogen-bond donors (Lipinski definition) is 2. The molecule has 2 aromatic rings. The number of thiophene rings is 1. The third kappa shape index (κ3) is 6.85. The minimum atomic E-state index is -0.150. The summed E-state index contributed by atoms with van der Waals surface area (Å²) in [4.78, 5) is 27.3. The highest BCUT2D eigenvalue weighted by atomic mass is 32.1. The molecular weight excluding hydrogens is 350 g/mol. The molecule has 6 nitrogen and oxygen atoms in total. The van der Waals surface area contributed by atoms with Crippen LogP contribution in [0.2, 0.25) is 0 Å². The normalized spacial score (nSPS) is 10.6. The second kappa shape index (κ2) is 10.6. The fourth-order valence-corrected chi connectivity index (χ4v) is 3.11. The van der Waals surface area contributed by atoms with Crippen LogP contribution in [0.4, 0.5) is 5.69 Å². The minimum absolute atomic E-state index is 0.0688. The number of nitrogens with zero attached hydrogens (tertiary/aromatic N) is 1. The van der Waals surface area contributed by atoms with Crippen LogP contribution in [0.5, 0.6) is 5.75 Å². The summed E-state index contributed by atoms with van der Waals surface area (Å²) in [5.74, 6) is 0.515. The molecule has 1 heterocycles. The third-order valence-electron chi connectivity index (χ3n) is 3.83. The highest BCUT2D eigenvalue weighted by molar-refractivity contribution is 7.09. The Labute approximate surface area is 158 Å². The van der Waals surface area contributed by atoms with Gasteiger partial charge in [-0.05, 0) is 48.7 Å². The van der Waals surface area contributed by atoms with Gasteiger partial charge in [0.05, 0.1) is 20.2 Å². The number of carbonyl (C=O) groups excluding carboxylic acids is 2. The molecule has 1 aromatic carbocycles. The van der Waals surface area contributed by atoms with E-state index in [1.54, 1.807) is 47.6 Å². The molecule has 2 rings (SSSR count). The molecule has 0 aliphatic carbocycles. The standard InChI is InChI=1S/C19H25N3O3S/c1-3-22(13-18(23)20-11-10-17-5-4-12-26-17)14-19(24)21-15-6-8-16(25-2)9-7-15/h4-9,12H,3,10-11,13-14H2,1-2H3,(H,20,23)(H,21,24). The lowest BCUT2D eigenvalue weighted by Crippen LogP contribution is -2.41.